The van der Waals surface area contributed by atoms with Crippen LogP contribution >= 0.6 is 0 Å². The minimum absolute atomic E-state index is 0.0813. The van der Waals surface area contributed by atoms with Gasteiger partial charge in [0.15, 0.2) is 0 Å². The van der Waals surface area contributed by atoms with Gasteiger partial charge in [-0.25, -0.2) is 9.78 Å². The Morgan fingerprint density at radius 2 is 1.73 bits per heavy atom. The van der Waals surface area contributed by atoms with Crippen LogP contribution in [0.1, 0.15) is 16.7 Å². The van der Waals surface area contributed by atoms with Crippen molar-refractivity contribution < 1.29 is 41.0 Å². The highest BCUT2D eigenvalue weighted by molar-refractivity contribution is 5.93. The second-order valence-corrected chi connectivity index (χ2v) is 6.41. The van der Waals surface area contributed by atoms with E-state index in [-0.39, 0.29) is 24.7 Å². The van der Waals surface area contributed by atoms with E-state index in [1.165, 1.54) is 17.0 Å². The highest BCUT2D eigenvalue weighted by Gasteiger charge is 2.40. The van der Waals surface area contributed by atoms with Crippen molar-refractivity contribution in [2.45, 2.75) is 25.0 Å². The van der Waals surface area contributed by atoms with E-state index in [1.807, 2.05) is 0 Å². The molecule has 1 fully saturated rings. The van der Waals surface area contributed by atoms with Crippen molar-refractivity contribution in [3.8, 4) is 5.75 Å². The van der Waals surface area contributed by atoms with Crippen LogP contribution in [-0.2, 0) is 19.0 Å². The molecular formula is C18H15F6N3O3. The van der Waals surface area contributed by atoms with Crippen LogP contribution in [0.15, 0.2) is 36.5 Å². The number of halogens is 6. The minimum atomic E-state index is -4.99. The van der Waals surface area contributed by atoms with Gasteiger partial charge in [0, 0.05) is 5.56 Å². The van der Waals surface area contributed by atoms with Crippen molar-refractivity contribution in [1.82, 2.24) is 10.3 Å². The zero-order chi connectivity index (χ0) is 22.1. The normalized spacial score (nSPS) is 17.2. The molecule has 0 unspecified atom stereocenters. The number of nitrogens with one attached hydrogen (secondary N) is 1. The lowest BCUT2D eigenvalue weighted by atomic mass is 10.0. The molecule has 1 saturated heterocycles. The third kappa shape index (κ3) is 4.58. The average Bonchev–Trinajstić information content (AvgIpc) is 3.06. The topological polar surface area (TPSA) is 74.7 Å². The maximum absolute atomic E-state index is 13.2. The Balaban J connectivity index is 1.80. The molecule has 1 aliphatic heterocycles. The van der Waals surface area contributed by atoms with Gasteiger partial charge in [0.05, 0.1) is 36.5 Å². The second-order valence-electron chi connectivity index (χ2n) is 6.41. The summed E-state index contributed by atoms with van der Waals surface area (Å²) in [6.07, 6.45) is -8.90. The van der Waals surface area contributed by atoms with Crippen LogP contribution in [0.5, 0.6) is 5.75 Å². The van der Waals surface area contributed by atoms with Crippen LogP contribution in [0.3, 0.4) is 0 Å². The summed E-state index contributed by atoms with van der Waals surface area (Å²) in [6.45, 7) is -1.11. The molecule has 2 N–H and O–H groups in total. The van der Waals surface area contributed by atoms with E-state index in [0.717, 1.165) is 6.20 Å². The Kier molecular flexibility index (Phi) is 5.79. The Morgan fingerprint density at radius 1 is 1.10 bits per heavy atom. The van der Waals surface area contributed by atoms with E-state index in [0.29, 0.717) is 18.2 Å². The van der Waals surface area contributed by atoms with E-state index < -0.39 is 47.7 Å². The SMILES string of the molecule is O=C1N[C@H](CO)CN1c1ccc(OCc2c(C(F)(F)F)cccc2C(F)(F)F)cn1. The van der Waals surface area contributed by atoms with Crippen molar-refractivity contribution in [3.05, 3.63) is 53.2 Å². The molecule has 6 nitrogen and oxygen atoms in total. The molecule has 1 aromatic carbocycles. The number of aliphatic hydroxyl groups excluding tert-OH is 1. The molecule has 162 valence electrons. The van der Waals surface area contributed by atoms with Gasteiger partial charge in [0.1, 0.15) is 18.2 Å². The number of aromatic nitrogens is 1. The number of benzene rings is 1. The van der Waals surface area contributed by atoms with E-state index >= 15 is 0 Å². The maximum Gasteiger partial charge on any atom is 0.416 e. The van der Waals surface area contributed by atoms with Gasteiger partial charge >= 0.3 is 18.4 Å². The van der Waals surface area contributed by atoms with Crippen molar-refractivity contribution >= 4 is 11.8 Å². The zero-order valence-electron chi connectivity index (χ0n) is 15.1. The van der Waals surface area contributed by atoms with Crippen molar-refractivity contribution in [3.63, 3.8) is 0 Å². The molecule has 2 aromatic rings. The molecule has 1 aliphatic rings. The fraction of sp³-hybridized carbons (Fsp3) is 0.333. The van der Waals surface area contributed by atoms with Gasteiger partial charge in [-0.15, -0.1) is 0 Å². The third-order valence-corrected chi connectivity index (χ3v) is 4.36. The van der Waals surface area contributed by atoms with Crippen LogP contribution in [0.4, 0.5) is 37.0 Å². The fourth-order valence-electron chi connectivity index (χ4n) is 2.95. The highest BCUT2D eigenvalue weighted by atomic mass is 19.4. The molecule has 0 aliphatic carbocycles. The van der Waals surface area contributed by atoms with E-state index in [9.17, 15) is 31.1 Å². The number of pyridine rings is 1. The number of alkyl halides is 6. The number of hydrogen-bond donors (Lipinski definition) is 2. The number of amides is 2. The minimum Gasteiger partial charge on any atom is -0.487 e. The third-order valence-electron chi connectivity index (χ3n) is 4.36. The first kappa shape index (κ1) is 21.7. The number of aliphatic hydroxyl groups is 1. The Bertz CT molecular complexity index is 883. The lowest BCUT2D eigenvalue weighted by Crippen LogP contribution is -2.30. The van der Waals surface area contributed by atoms with Gasteiger partial charge < -0.3 is 15.2 Å². The summed E-state index contributed by atoms with van der Waals surface area (Å²) in [7, 11) is 0. The standard InChI is InChI=1S/C18H15F6N3O3/c19-17(20,21)13-2-1-3-14(18(22,23)24)12(13)9-30-11-4-5-15(25-6-11)27-7-10(8-28)26-16(27)29/h1-6,10,28H,7-9H2,(H,26,29)/t10-/m0/s1. The summed E-state index contributed by atoms with van der Waals surface area (Å²) in [5, 5.41) is 11.6. The Labute approximate surface area is 166 Å². The molecule has 1 atom stereocenters. The second kappa shape index (κ2) is 8.01. The van der Waals surface area contributed by atoms with Gasteiger partial charge in [-0.1, -0.05) is 6.07 Å². The quantitative estimate of drug-likeness (QED) is 0.705. The lowest BCUT2D eigenvalue weighted by molar-refractivity contribution is -0.145. The molecule has 0 bridgehead atoms. The van der Waals surface area contributed by atoms with Gasteiger partial charge in [-0.2, -0.15) is 26.3 Å². The number of carbonyl (C=O) groups excluding carboxylic acids is 1. The first-order chi connectivity index (χ1) is 14.0. The van der Waals surface area contributed by atoms with Gasteiger partial charge in [-0.05, 0) is 24.3 Å². The number of carbonyl (C=O) groups is 1. The van der Waals surface area contributed by atoms with Crippen LogP contribution in [-0.4, -0.2) is 35.3 Å². The van der Waals surface area contributed by atoms with Crippen molar-refractivity contribution in [1.29, 1.82) is 0 Å². The summed E-state index contributed by atoms with van der Waals surface area (Å²) in [5.74, 6) is 0.102. The van der Waals surface area contributed by atoms with Crippen LogP contribution < -0.4 is 15.0 Å². The summed E-state index contributed by atoms with van der Waals surface area (Å²) in [5.41, 5.74) is -3.91. The number of urea groups is 1. The van der Waals surface area contributed by atoms with Crippen molar-refractivity contribution in [2.24, 2.45) is 0 Å². The van der Waals surface area contributed by atoms with E-state index in [4.69, 9.17) is 9.84 Å². The highest BCUT2D eigenvalue weighted by Crippen LogP contribution is 2.39. The van der Waals surface area contributed by atoms with Gasteiger partial charge in [-0.3, -0.25) is 4.90 Å². The van der Waals surface area contributed by atoms with Gasteiger partial charge in [0.2, 0.25) is 0 Å². The number of hydrogen-bond acceptors (Lipinski definition) is 4. The lowest BCUT2D eigenvalue weighted by Gasteiger charge is -2.19. The molecule has 1 aromatic heterocycles. The van der Waals surface area contributed by atoms with Crippen LogP contribution in [0.2, 0.25) is 0 Å². The van der Waals surface area contributed by atoms with E-state index in [1.54, 1.807) is 0 Å². The first-order valence-electron chi connectivity index (χ1n) is 8.54. The van der Waals surface area contributed by atoms with Crippen LogP contribution in [0.25, 0.3) is 0 Å². The van der Waals surface area contributed by atoms with Gasteiger partial charge in [0.25, 0.3) is 0 Å². The monoisotopic (exact) mass is 435 g/mol. The molecule has 12 heteroatoms. The van der Waals surface area contributed by atoms with E-state index in [2.05, 4.69) is 10.3 Å². The maximum atomic E-state index is 13.2. The Morgan fingerprint density at radius 3 is 2.20 bits per heavy atom. The summed E-state index contributed by atoms with van der Waals surface area (Å²) < 4.78 is 84.1. The fourth-order valence-corrected chi connectivity index (χ4v) is 2.95. The molecular weight excluding hydrogens is 420 g/mol. The number of nitrogens with zero attached hydrogens (tertiary/aromatic N) is 2. The smallest absolute Gasteiger partial charge is 0.416 e. The summed E-state index contributed by atoms with van der Waals surface area (Å²) in [6, 6.07) is 3.42. The first-order valence-corrected chi connectivity index (χ1v) is 8.54. The number of rotatable bonds is 5. The summed E-state index contributed by atoms with van der Waals surface area (Å²) >= 11 is 0. The molecule has 3 rings (SSSR count). The number of anilines is 1. The predicted molar refractivity (Wildman–Crippen MR) is 91.8 cm³/mol. The molecule has 0 radical (unpaired) electrons. The Hall–Kier alpha value is -3.02. The largest absolute Gasteiger partial charge is 0.487 e. The molecule has 0 spiro atoms. The van der Waals surface area contributed by atoms with Crippen molar-refractivity contribution in [2.75, 3.05) is 18.1 Å². The molecule has 2 heterocycles. The zero-order valence-corrected chi connectivity index (χ0v) is 15.1. The number of ether oxygens (including phenoxy) is 1. The van der Waals surface area contributed by atoms with Crippen LogP contribution in [0, 0.1) is 0 Å². The predicted octanol–water partition coefficient (Wildman–Crippen LogP) is 3.59. The summed E-state index contributed by atoms with van der Waals surface area (Å²) in [4.78, 5) is 17.0. The molecule has 0 saturated carbocycles. The molecule has 30 heavy (non-hydrogen) atoms. The average molecular weight is 435 g/mol. The molecule has 2 amide bonds.